The SMILES string of the molecule is C=CC(=O)N1CC[C@H](N(C)c2ccc3ncnc(NC(COC)c4ccccc4)c3n2)C1. The molecular formula is C24H28N6O2. The summed E-state index contributed by atoms with van der Waals surface area (Å²) in [7, 11) is 3.69. The monoisotopic (exact) mass is 432 g/mol. The lowest BCUT2D eigenvalue weighted by Gasteiger charge is -2.26. The highest BCUT2D eigenvalue weighted by atomic mass is 16.5. The molecule has 1 amide bonds. The Morgan fingerprint density at radius 3 is 2.88 bits per heavy atom. The van der Waals surface area contributed by atoms with Gasteiger partial charge in [0.25, 0.3) is 0 Å². The van der Waals surface area contributed by atoms with Crippen molar-refractivity contribution >= 4 is 28.6 Å². The fourth-order valence-electron chi connectivity index (χ4n) is 4.04. The van der Waals surface area contributed by atoms with Crippen molar-refractivity contribution in [2.45, 2.75) is 18.5 Å². The second-order valence-corrected chi connectivity index (χ2v) is 7.86. The number of hydrogen-bond acceptors (Lipinski definition) is 7. The van der Waals surface area contributed by atoms with E-state index >= 15 is 0 Å². The number of ether oxygens (including phenoxy) is 1. The second kappa shape index (κ2) is 9.74. The van der Waals surface area contributed by atoms with Crippen molar-refractivity contribution in [3.8, 4) is 0 Å². The van der Waals surface area contributed by atoms with E-state index in [4.69, 9.17) is 9.72 Å². The van der Waals surface area contributed by atoms with Crippen LogP contribution >= 0.6 is 0 Å². The molecule has 1 N–H and O–H groups in total. The zero-order valence-electron chi connectivity index (χ0n) is 18.4. The number of benzene rings is 1. The molecule has 166 valence electrons. The molecular weight excluding hydrogens is 404 g/mol. The maximum atomic E-state index is 11.9. The fourth-order valence-corrected chi connectivity index (χ4v) is 4.04. The minimum Gasteiger partial charge on any atom is -0.382 e. The first kappa shape index (κ1) is 21.7. The maximum absolute atomic E-state index is 11.9. The molecule has 0 saturated carbocycles. The van der Waals surface area contributed by atoms with Gasteiger partial charge < -0.3 is 19.9 Å². The smallest absolute Gasteiger partial charge is 0.246 e. The van der Waals surface area contributed by atoms with Gasteiger partial charge in [-0.2, -0.15) is 0 Å². The van der Waals surface area contributed by atoms with Crippen molar-refractivity contribution in [2.75, 3.05) is 44.1 Å². The highest BCUT2D eigenvalue weighted by Crippen LogP contribution is 2.27. The summed E-state index contributed by atoms with van der Waals surface area (Å²) in [6, 6.07) is 14.1. The van der Waals surface area contributed by atoms with Crippen LogP contribution in [0.2, 0.25) is 0 Å². The van der Waals surface area contributed by atoms with Gasteiger partial charge in [0.1, 0.15) is 17.7 Å². The van der Waals surface area contributed by atoms with Crippen molar-refractivity contribution in [1.29, 1.82) is 0 Å². The minimum absolute atomic E-state index is 0.0302. The number of likely N-dealkylation sites (tertiary alicyclic amines) is 1. The van der Waals surface area contributed by atoms with Gasteiger partial charge in [-0.25, -0.2) is 15.0 Å². The molecule has 1 aliphatic rings. The number of carbonyl (C=O) groups is 1. The maximum Gasteiger partial charge on any atom is 0.246 e. The number of rotatable bonds is 8. The van der Waals surface area contributed by atoms with Crippen LogP contribution in [0, 0.1) is 0 Å². The molecule has 4 rings (SSSR count). The molecule has 8 nitrogen and oxygen atoms in total. The summed E-state index contributed by atoms with van der Waals surface area (Å²) in [6.45, 7) is 5.45. The molecule has 0 bridgehead atoms. The average Bonchev–Trinajstić information content (AvgIpc) is 3.33. The lowest BCUT2D eigenvalue weighted by Crippen LogP contribution is -2.36. The molecule has 1 aliphatic heterocycles. The van der Waals surface area contributed by atoms with Crippen LogP contribution in [0.4, 0.5) is 11.6 Å². The number of nitrogens with one attached hydrogen (secondary N) is 1. The van der Waals surface area contributed by atoms with Crippen LogP contribution in [0.1, 0.15) is 18.0 Å². The van der Waals surface area contributed by atoms with Crippen LogP contribution < -0.4 is 10.2 Å². The number of carbonyl (C=O) groups excluding carboxylic acids is 1. The number of aromatic nitrogens is 3. The average molecular weight is 433 g/mol. The molecule has 2 aromatic heterocycles. The van der Waals surface area contributed by atoms with Crippen LogP contribution in [-0.2, 0) is 9.53 Å². The van der Waals surface area contributed by atoms with Gasteiger partial charge in [-0.05, 0) is 30.2 Å². The van der Waals surface area contributed by atoms with E-state index < -0.39 is 0 Å². The zero-order valence-corrected chi connectivity index (χ0v) is 18.4. The van der Waals surface area contributed by atoms with Gasteiger partial charge in [0.15, 0.2) is 5.82 Å². The largest absolute Gasteiger partial charge is 0.382 e. The summed E-state index contributed by atoms with van der Waals surface area (Å²) in [5.74, 6) is 1.44. The Morgan fingerprint density at radius 2 is 2.12 bits per heavy atom. The fraction of sp³-hybridized carbons (Fsp3) is 0.333. The van der Waals surface area contributed by atoms with E-state index in [-0.39, 0.29) is 18.0 Å². The normalized spacial score (nSPS) is 16.7. The lowest BCUT2D eigenvalue weighted by molar-refractivity contribution is -0.125. The van der Waals surface area contributed by atoms with Gasteiger partial charge in [-0.15, -0.1) is 0 Å². The summed E-state index contributed by atoms with van der Waals surface area (Å²) < 4.78 is 5.44. The molecule has 0 aliphatic carbocycles. The Labute approximate surface area is 187 Å². The zero-order chi connectivity index (χ0) is 22.5. The Hall–Kier alpha value is -3.52. The molecule has 0 spiro atoms. The summed E-state index contributed by atoms with van der Waals surface area (Å²) >= 11 is 0. The Balaban J connectivity index is 1.60. The van der Waals surface area contributed by atoms with E-state index in [1.54, 1.807) is 13.4 Å². The van der Waals surface area contributed by atoms with E-state index in [1.807, 2.05) is 42.3 Å². The van der Waals surface area contributed by atoms with E-state index in [0.717, 1.165) is 29.9 Å². The van der Waals surface area contributed by atoms with E-state index in [9.17, 15) is 4.79 Å². The van der Waals surface area contributed by atoms with Gasteiger partial charge in [0.05, 0.1) is 18.2 Å². The Bertz CT molecular complexity index is 1090. The molecule has 1 fully saturated rings. The molecule has 1 aromatic carbocycles. The van der Waals surface area contributed by atoms with Gasteiger partial charge in [0.2, 0.25) is 5.91 Å². The van der Waals surface area contributed by atoms with Crippen molar-refractivity contribution in [3.63, 3.8) is 0 Å². The highest BCUT2D eigenvalue weighted by molar-refractivity contribution is 5.87. The topological polar surface area (TPSA) is 83.5 Å². The quantitative estimate of drug-likeness (QED) is 0.548. The number of anilines is 2. The standard InChI is InChI=1S/C24H28N6O2/c1-4-22(31)30-13-12-18(14-30)29(2)21-11-10-19-23(28-21)24(26-16-25-19)27-20(15-32-3)17-8-6-5-7-9-17/h4-11,16,18,20H,1,12-15H2,2-3H3,(H,25,26,27)/t18-,20?/m0/s1. The van der Waals surface area contributed by atoms with Crippen LogP contribution in [0.5, 0.6) is 0 Å². The van der Waals surface area contributed by atoms with Gasteiger partial charge >= 0.3 is 0 Å². The first-order valence-corrected chi connectivity index (χ1v) is 10.7. The van der Waals surface area contributed by atoms with Crippen molar-refractivity contribution in [2.24, 2.45) is 0 Å². The van der Waals surface area contributed by atoms with Gasteiger partial charge in [-0.1, -0.05) is 36.9 Å². The van der Waals surface area contributed by atoms with Crippen molar-refractivity contribution < 1.29 is 9.53 Å². The lowest BCUT2D eigenvalue weighted by atomic mass is 10.1. The number of pyridine rings is 1. The molecule has 0 radical (unpaired) electrons. The summed E-state index contributed by atoms with van der Waals surface area (Å²) in [6.07, 6.45) is 3.80. The number of fused-ring (bicyclic) bond motifs is 1. The minimum atomic E-state index is -0.0733. The predicted molar refractivity (Wildman–Crippen MR) is 126 cm³/mol. The van der Waals surface area contributed by atoms with E-state index in [1.165, 1.54) is 6.08 Å². The van der Waals surface area contributed by atoms with Crippen molar-refractivity contribution in [3.05, 3.63) is 67.0 Å². The second-order valence-electron chi connectivity index (χ2n) is 7.86. The third-order valence-electron chi connectivity index (χ3n) is 5.87. The van der Waals surface area contributed by atoms with Crippen LogP contribution in [0.3, 0.4) is 0 Å². The predicted octanol–water partition coefficient (Wildman–Crippen LogP) is 3.05. The number of amides is 1. The molecule has 3 aromatic rings. The number of hydrogen-bond donors (Lipinski definition) is 1. The van der Waals surface area contributed by atoms with Crippen LogP contribution in [0.15, 0.2) is 61.4 Å². The Kier molecular flexibility index (Phi) is 6.61. The molecule has 2 atom stereocenters. The Morgan fingerprint density at radius 1 is 1.31 bits per heavy atom. The van der Waals surface area contributed by atoms with Gasteiger partial charge in [-0.3, -0.25) is 4.79 Å². The third kappa shape index (κ3) is 4.55. The van der Waals surface area contributed by atoms with E-state index in [2.05, 4.69) is 38.9 Å². The summed E-state index contributed by atoms with van der Waals surface area (Å²) in [4.78, 5) is 29.6. The summed E-state index contributed by atoms with van der Waals surface area (Å²) in [5.41, 5.74) is 2.57. The molecule has 1 saturated heterocycles. The van der Waals surface area contributed by atoms with Crippen molar-refractivity contribution in [1.82, 2.24) is 19.9 Å². The summed E-state index contributed by atoms with van der Waals surface area (Å²) in [5, 5.41) is 3.48. The number of likely N-dealkylation sites (N-methyl/N-ethyl adjacent to an activating group) is 1. The number of nitrogens with zero attached hydrogens (tertiary/aromatic N) is 5. The van der Waals surface area contributed by atoms with E-state index in [0.29, 0.717) is 24.5 Å². The molecule has 3 heterocycles. The van der Waals surface area contributed by atoms with Gasteiger partial charge in [0, 0.05) is 33.3 Å². The number of methoxy groups -OCH3 is 1. The molecule has 32 heavy (non-hydrogen) atoms. The third-order valence-corrected chi connectivity index (χ3v) is 5.87. The molecule has 1 unspecified atom stereocenters. The highest BCUT2D eigenvalue weighted by Gasteiger charge is 2.28. The molecule has 8 heteroatoms. The first-order chi connectivity index (χ1) is 15.6. The first-order valence-electron chi connectivity index (χ1n) is 10.7. The van der Waals surface area contributed by atoms with Crippen LogP contribution in [-0.4, -0.2) is 65.7 Å². The van der Waals surface area contributed by atoms with Crippen LogP contribution in [0.25, 0.3) is 11.0 Å².